The van der Waals surface area contributed by atoms with Gasteiger partial charge in [0.25, 0.3) is 0 Å². The SMILES string of the molecule is CCCNCCN(C)Cc1ccc(F)c(C)c1. The Hall–Kier alpha value is -0.930. The maximum Gasteiger partial charge on any atom is 0.126 e. The van der Waals surface area contributed by atoms with E-state index in [1.54, 1.807) is 6.07 Å². The lowest BCUT2D eigenvalue weighted by atomic mass is 10.1. The maximum atomic E-state index is 13.1. The zero-order valence-electron chi connectivity index (χ0n) is 11.1. The Morgan fingerprint density at radius 2 is 2.06 bits per heavy atom. The second-order valence-electron chi connectivity index (χ2n) is 4.57. The highest BCUT2D eigenvalue weighted by atomic mass is 19.1. The fourth-order valence-corrected chi connectivity index (χ4v) is 1.77. The van der Waals surface area contributed by atoms with Gasteiger partial charge >= 0.3 is 0 Å². The van der Waals surface area contributed by atoms with Crippen molar-refractivity contribution < 1.29 is 4.39 Å². The van der Waals surface area contributed by atoms with Crippen molar-refractivity contribution in [3.8, 4) is 0 Å². The molecule has 0 heterocycles. The molecule has 2 nitrogen and oxygen atoms in total. The van der Waals surface area contributed by atoms with Crippen LogP contribution in [0.5, 0.6) is 0 Å². The summed E-state index contributed by atoms with van der Waals surface area (Å²) in [6.07, 6.45) is 1.17. The summed E-state index contributed by atoms with van der Waals surface area (Å²) in [5, 5.41) is 3.37. The monoisotopic (exact) mass is 238 g/mol. The van der Waals surface area contributed by atoms with E-state index in [-0.39, 0.29) is 5.82 Å². The normalized spacial score (nSPS) is 11.1. The van der Waals surface area contributed by atoms with Gasteiger partial charge in [-0.2, -0.15) is 0 Å². The smallest absolute Gasteiger partial charge is 0.126 e. The fourth-order valence-electron chi connectivity index (χ4n) is 1.77. The molecule has 1 rings (SSSR count). The minimum atomic E-state index is -0.124. The molecule has 0 spiro atoms. The van der Waals surface area contributed by atoms with Crippen LogP contribution in [0.4, 0.5) is 4.39 Å². The summed E-state index contributed by atoms with van der Waals surface area (Å²) in [7, 11) is 2.09. The van der Waals surface area contributed by atoms with Crippen LogP contribution in [-0.2, 0) is 6.54 Å². The van der Waals surface area contributed by atoms with Crippen LogP contribution in [0, 0.1) is 12.7 Å². The third kappa shape index (κ3) is 5.29. The molecule has 0 aliphatic heterocycles. The van der Waals surface area contributed by atoms with Crippen molar-refractivity contribution in [3.05, 3.63) is 35.1 Å². The summed E-state index contributed by atoms with van der Waals surface area (Å²) >= 11 is 0. The number of nitrogens with zero attached hydrogens (tertiary/aromatic N) is 1. The van der Waals surface area contributed by atoms with Gasteiger partial charge < -0.3 is 10.2 Å². The zero-order valence-corrected chi connectivity index (χ0v) is 11.1. The molecule has 1 aromatic carbocycles. The molecule has 0 aromatic heterocycles. The van der Waals surface area contributed by atoms with E-state index in [0.29, 0.717) is 0 Å². The Labute approximate surface area is 104 Å². The highest BCUT2D eigenvalue weighted by Gasteiger charge is 2.02. The summed E-state index contributed by atoms with van der Waals surface area (Å²) in [5.41, 5.74) is 1.89. The summed E-state index contributed by atoms with van der Waals surface area (Å²) in [6.45, 7) is 7.93. The summed E-state index contributed by atoms with van der Waals surface area (Å²) in [5.74, 6) is -0.124. The van der Waals surface area contributed by atoms with E-state index in [9.17, 15) is 4.39 Å². The average Bonchev–Trinajstić information content (AvgIpc) is 2.30. The first kappa shape index (κ1) is 14.1. The van der Waals surface area contributed by atoms with E-state index in [1.165, 1.54) is 12.0 Å². The highest BCUT2D eigenvalue weighted by molar-refractivity contribution is 5.23. The van der Waals surface area contributed by atoms with Gasteiger partial charge in [-0.15, -0.1) is 0 Å². The van der Waals surface area contributed by atoms with Crippen LogP contribution in [0.2, 0.25) is 0 Å². The van der Waals surface area contributed by atoms with Crippen LogP contribution >= 0.6 is 0 Å². The van der Waals surface area contributed by atoms with Gasteiger partial charge in [0.15, 0.2) is 0 Å². The average molecular weight is 238 g/mol. The Morgan fingerprint density at radius 1 is 1.29 bits per heavy atom. The van der Waals surface area contributed by atoms with Gasteiger partial charge in [0, 0.05) is 19.6 Å². The van der Waals surface area contributed by atoms with Crippen molar-refractivity contribution in [1.29, 1.82) is 0 Å². The number of hydrogen-bond acceptors (Lipinski definition) is 2. The predicted molar refractivity (Wildman–Crippen MR) is 70.6 cm³/mol. The molecule has 0 saturated carbocycles. The number of rotatable bonds is 7. The Kier molecular flexibility index (Phi) is 6.16. The van der Waals surface area contributed by atoms with Gasteiger partial charge in [-0.25, -0.2) is 4.39 Å². The Balaban J connectivity index is 2.34. The van der Waals surface area contributed by atoms with Crippen LogP contribution in [0.15, 0.2) is 18.2 Å². The van der Waals surface area contributed by atoms with Crippen molar-refractivity contribution in [2.45, 2.75) is 26.8 Å². The van der Waals surface area contributed by atoms with E-state index in [1.807, 2.05) is 19.1 Å². The van der Waals surface area contributed by atoms with E-state index in [4.69, 9.17) is 0 Å². The van der Waals surface area contributed by atoms with Crippen LogP contribution in [0.1, 0.15) is 24.5 Å². The van der Waals surface area contributed by atoms with Gasteiger partial charge in [0.05, 0.1) is 0 Å². The van der Waals surface area contributed by atoms with Gasteiger partial charge in [-0.1, -0.05) is 19.1 Å². The van der Waals surface area contributed by atoms with E-state index >= 15 is 0 Å². The quantitative estimate of drug-likeness (QED) is 0.734. The van der Waals surface area contributed by atoms with E-state index in [0.717, 1.165) is 31.7 Å². The highest BCUT2D eigenvalue weighted by Crippen LogP contribution is 2.10. The van der Waals surface area contributed by atoms with Crippen LogP contribution in [0.3, 0.4) is 0 Å². The lowest BCUT2D eigenvalue weighted by Gasteiger charge is -2.17. The summed E-state index contributed by atoms with van der Waals surface area (Å²) < 4.78 is 13.1. The number of likely N-dealkylation sites (N-methyl/N-ethyl adjacent to an activating group) is 1. The number of hydrogen-bond donors (Lipinski definition) is 1. The van der Waals surface area contributed by atoms with Gasteiger partial charge in [-0.3, -0.25) is 0 Å². The van der Waals surface area contributed by atoms with Gasteiger partial charge in [-0.05, 0) is 44.1 Å². The molecule has 0 fully saturated rings. The molecule has 0 unspecified atom stereocenters. The van der Waals surface area contributed by atoms with Crippen LogP contribution < -0.4 is 5.32 Å². The second-order valence-corrected chi connectivity index (χ2v) is 4.57. The topological polar surface area (TPSA) is 15.3 Å². The van der Waals surface area contributed by atoms with Gasteiger partial charge in [0.1, 0.15) is 5.82 Å². The molecule has 17 heavy (non-hydrogen) atoms. The van der Waals surface area contributed by atoms with Crippen molar-refractivity contribution in [1.82, 2.24) is 10.2 Å². The molecule has 0 aliphatic carbocycles. The summed E-state index contributed by atoms with van der Waals surface area (Å²) in [4.78, 5) is 2.25. The summed E-state index contributed by atoms with van der Waals surface area (Å²) in [6, 6.07) is 5.33. The lowest BCUT2D eigenvalue weighted by Crippen LogP contribution is -2.29. The Bertz CT molecular complexity index is 339. The lowest BCUT2D eigenvalue weighted by molar-refractivity contribution is 0.324. The molecule has 0 amide bonds. The molecule has 1 aromatic rings. The van der Waals surface area contributed by atoms with Crippen molar-refractivity contribution >= 4 is 0 Å². The maximum absolute atomic E-state index is 13.1. The first-order valence-corrected chi connectivity index (χ1v) is 6.27. The van der Waals surface area contributed by atoms with Crippen LogP contribution in [0.25, 0.3) is 0 Å². The number of nitrogens with one attached hydrogen (secondary N) is 1. The first-order chi connectivity index (χ1) is 8.13. The molecular weight excluding hydrogens is 215 g/mol. The van der Waals surface area contributed by atoms with Gasteiger partial charge in [0.2, 0.25) is 0 Å². The molecule has 0 saturated heterocycles. The molecule has 0 bridgehead atoms. The molecule has 0 radical (unpaired) electrons. The molecule has 0 atom stereocenters. The Morgan fingerprint density at radius 3 is 2.71 bits per heavy atom. The predicted octanol–water partition coefficient (Wildman–Crippen LogP) is 2.57. The zero-order chi connectivity index (χ0) is 12.7. The van der Waals surface area contributed by atoms with E-state index in [2.05, 4.69) is 24.2 Å². The molecule has 96 valence electrons. The minimum absolute atomic E-state index is 0.124. The van der Waals surface area contributed by atoms with Crippen molar-refractivity contribution in [3.63, 3.8) is 0 Å². The largest absolute Gasteiger partial charge is 0.315 e. The van der Waals surface area contributed by atoms with Crippen molar-refractivity contribution in [2.75, 3.05) is 26.7 Å². The van der Waals surface area contributed by atoms with E-state index < -0.39 is 0 Å². The third-order valence-electron chi connectivity index (χ3n) is 2.77. The number of halogens is 1. The molecular formula is C14H23FN2. The number of benzene rings is 1. The van der Waals surface area contributed by atoms with Crippen LogP contribution in [-0.4, -0.2) is 31.6 Å². The second kappa shape index (κ2) is 7.41. The third-order valence-corrected chi connectivity index (χ3v) is 2.77. The first-order valence-electron chi connectivity index (χ1n) is 6.27. The number of aryl methyl sites for hydroxylation is 1. The molecule has 0 aliphatic rings. The molecule has 3 heteroatoms. The fraction of sp³-hybridized carbons (Fsp3) is 0.571. The standard InChI is InChI=1S/C14H23FN2/c1-4-7-16-8-9-17(3)11-13-5-6-14(15)12(2)10-13/h5-6,10,16H,4,7-9,11H2,1-3H3. The molecule has 1 N–H and O–H groups in total. The van der Waals surface area contributed by atoms with Crippen molar-refractivity contribution in [2.24, 2.45) is 0 Å². The minimum Gasteiger partial charge on any atom is -0.315 e.